The van der Waals surface area contributed by atoms with Crippen molar-refractivity contribution in [2.45, 2.75) is 91.1 Å². The molecule has 16 nitrogen and oxygen atoms in total. The molecule has 368 valence electrons. The summed E-state index contributed by atoms with van der Waals surface area (Å²) in [5.74, 6) is 5.76. The second-order valence-corrected chi connectivity index (χ2v) is 18.8. The molecule has 2 aliphatic rings. The number of rotatable bonds is 10. The zero-order chi connectivity index (χ0) is 49.6. The summed E-state index contributed by atoms with van der Waals surface area (Å²) in [5.41, 5.74) is 12.9. The number of nitrogens with zero attached hydrogens (tertiary/aromatic N) is 10. The number of pyridine rings is 4. The number of imidazole rings is 2. The molecule has 0 aliphatic carbocycles. The maximum absolute atomic E-state index is 5.89. The van der Waals surface area contributed by atoms with Crippen molar-refractivity contribution in [2.24, 2.45) is 0 Å². The molecule has 2 aliphatic heterocycles. The molecular formula is C56H58N10O6. The molecule has 0 bridgehead atoms. The van der Waals surface area contributed by atoms with Crippen LogP contribution < -0.4 is 9.47 Å². The molecule has 2 atom stereocenters. The Bertz CT molecular complexity index is 3300. The van der Waals surface area contributed by atoms with E-state index in [1.807, 2.05) is 76.7 Å². The second kappa shape index (κ2) is 19.6. The zero-order valence-corrected chi connectivity index (χ0v) is 42.0. The summed E-state index contributed by atoms with van der Waals surface area (Å²) >= 11 is 0. The lowest BCUT2D eigenvalue weighted by Gasteiger charge is -2.25. The van der Waals surface area contributed by atoms with Gasteiger partial charge in [0.2, 0.25) is 0 Å². The highest BCUT2D eigenvalue weighted by Crippen LogP contribution is 2.44. The summed E-state index contributed by atoms with van der Waals surface area (Å²) in [6, 6.07) is 20.4. The quantitative estimate of drug-likeness (QED) is 0.126. The van der Waals surface area contributed by atoms with Crippen LogP contribution in [0.15, 0.2) is 94.5 Å². The number of hydrogen-bond acceptors (Lipinski definition) is 14. The van der Waals surface area contributed by atoms with Crippen LogP contribution in [-0.2, 0) is 9.47 Å². The predicted molar refractivity (Wildman–Crippen MR) is 275 cm³/mol. The maximum atomic E-state index is 5.89. The van der Waals surface area contributed by atoms with Crippen molar-refractivity contribution >= 4 is 43.9 Å². The zero-order valence-electron chi connectivity index (χ0n) is 42.0. The largest absolute Gasteiger partial charge is 0.496 e. The minimum atomic E-state index is -0.00659. The summed E-state index contributed by atoms with van der Waals surface area (Å²) in [4.78, 5) is 29.3. The molecule has 8 aromatic heterocycles. The fraction of sp³-hybridized carbons (Fsp3) is 0.357. The van der Waals surface area contributed by atoms with Crippen LogP contribution >= 0.6 is 0 Å². The minimum Gasteiger partial charge on any atom is -0.496 e. The number of benzene rings is 2. The van der Waals surface area contributed by atoms with E-state index in [-0.39, 0.29) is 12.1 Å². The molecule has 2 saturated heterocycles. The fourth-order valence-corrected chi connectivity index (χ4v) is 10.9. The van der Waals surface area contributed by atoms with Crippen LogP contribution in [-0.4, -0.2) is 90.0 Å². The van der Waals surface area contributed by atoms with Gasteiger partial charge in [-0.3, -0.25) is 19.9 Å². The van der Waals surface area contributed by atoms with Crippen LogP contribution in [0.25, 0.3) is 66.1 Å². The maximum Gasteiger partial charge on any atom is 0.141 e. The van der Waals surface area contributed by atoms with Gasteiger partial charge in [-0.2, -0.15) is 0 Å². The molecular weight excluding hydrogens is 909 g/mol. The highest BCUT2D eigenvalue weighted by molar-refractivity contribution is 6.06. The molecule has 10 heterocycles. The minimum absolute atomic E-state index is 0.00659. The summed E-state index contributed by atoms with van der Waals surface area (Å²) < 4.78 is 38.7. The first kappa shape index (κ1) is 46.8. The summed E-state index contributed by atoms with van der Waals surface area (Å²) in [7, 11) is 3.38. The lowest BCUT2D eigenvalue weighted by atomic mass is 9.98. The molecule has 2 aromatic carbocycles. The molecule has 0 radical (unpaired) electrons. The van der Waals surface area contributed by atoms with E-state index in [0.29, 0.717) is 11.8 Å². The Kier molecular flexibility index (Phi) is 12.7. The van der Waals surface area contributed by atoms with Crippen molar-refractivity contribution in [2.75, 3.05) is 40.6 Å². The van der Waals surface area contributed by atoms with Gasteiger partial charge < -0.3 is 37.1 Å². The number of aryl methyl sites for hydroxylation is 4. The van der Waals surface area contributed by atoms with Crippen LogP contribution in [0.4, 0.5) is 0 Å². The molecule has 72 heavy (non-hydrogen) atoms. The molecule has 12 rings (SSSR count). The first-order valence-corrected chi connectivity index (χ1v) is 24.7. The van der Waals surface area contributed by atoms with Crippen LogP contribution in [0.3, 0.4) is 0 Å². The van der Waals surface area contributed by atoms with E-state index in [1.165, 1.54) is 0 Å². The van der Waals surface area contributed by atoms with E-state index >= 15 is 0 Å². The Labute approximate surface area is 416 Å². The number of methoxy groups -OCH3 is 2. The molecule has 0 unspecified atom stereocenters. The van der Waals surface area contributed by atoms with E-state index < -0.39 is 0 Å². The van der Waals surface area contributed by atoms with Crippen molar-refractivity contribution in [1.82, 2.24) is 49.4 Å². The fourth-order valence-electron chi connectivity index (χ4n) is 10.9. The molecule has 0 saturated carbocycles. The summed E-state index contributed by atoms with van der Waals surface area (Å²) in [6.45, 7) is 15.1. The van der Waals surface area contributed by atoms with Gasteiger partial charge in [0, 0.05) is 72.6 Å². The SMILES string of the molecule is COc1cc2c(cc1-c1c(C)noc1C)ncc1nc(C3CCOCC3)n([C@@H](C)c3ccccn3)c12.COc1cc2c(cc1-c1c(C)noc1C)ncc1nc(C3CCOCC3)n([C@H](C)c3ccccn3)c12. The Hall–Kier alpha value is -7.56. The third-order valence-electron chi connectivity index (χ3n) is 14.5. The molecule has 10 aromatic rings. The van der Waals surface area contributed by atoms with Crippen LogP contribution in [0.2, 0.25) is 0 Å². The average molecular weight is 967 g/mol. The summed E-state index contributed by atoms with van der Waals surface area (Å²) in [6.07, 6.45) is 11.2. The number of hydrogen-bond donors (Lipinski definition) is 0. The topological polar surface area (TPSA) is 176 Å². The highest BCUT2D eigenvalue weighted by atomic mass is 16.5. The van der Waals surface area contributed by atoms with Crippen LogP contribution in [0.1, 0.15) is 109 Å². The monoisotopic (exact) mass is 966 g/mol. The Balaban J connectivity index is 0.000000156. The van der Waals surface area contributed by atoms with Crippen molar-refractivity contribution in [1.29, 1.82) is 0 Å². The standard InChI is InChI=1S/2C28H29N5O3/c2*1-16-26(18(3)36-32-16)21-13-23-20(14-25(21)34-4)27-24(15-30-23)31-28(19-8-11-35-12-9-19)33(27)17(2)22-7-5-6-10-29-22/h2*5-7,10,13-15,17,19H,8-9,11-12H2,1-4H3/t2*17-/m10/s1. The van der Waals surface area contributed by atoms with Gasteiger partial charge >= 0.3 is 0 Å². The molecule has 0 spiro atoms. The second-order valence-electron chi connectivity index (χ2n) is 18.8. The molecule has 16 heteroatoms. The van der Waals surface area contributed by atoms with Gasteiger partial charge in [0.25, 0.3) is 0 Å². The van der Waals surface area contributed by atoms with Crippen molar-refractivity contribution in [3.8, 4) is 33.8 Å². The van der Waals surface area contributed by atoms with Gasteiger partial charge in [-0.15, -0.1) is 0 Å². The average Bonchev–Trinajstić information content (AvgIpc) is 4.20. The third kappa shape index (κ3) is 8.31. The number of aromatic nitrogens is 10. The van der Waals surface area contributed by atoms with Gasteiger partial charge in [0.1, 0.15) is 45.7 Å². The van der Waals surface area contributed by atoms with E-state index in [9.17, 15) is 0 Å². The van der Waals surface area contributed by atoms with Crippen LogP contribution in [0, 0.1) is 27.7 Å². The third-order valence-corrected chi connectivity index (χ3v) is 14.5. The van der Waals surface area contributed by atoms with Crippen molar-refractivity contribution in [3.63, 3.8) is 0 Å². The summed E-state index contributed by atoms with van der Waals surface area (Å²) in [5, 5.41) is 10.3. The van der Waals surface area contributed by atoms with Gasteiger partial charge in [0.15, 0.2) is 0 Å². The Morgan fingerprint density at radius 3 is 1.31 bits per heavy atom. The number of ether oxygens (including phenoxy) is 4. The van der Waals surface area contributed by atoms with E-state index in [1.54, 1.807) is 14.2 Å². The molecule has 2 fully saturated rings. The van der Waals surface area contributed by atoms with Crippen molar-refractivity contribution in [3.05, 3.63) is 131 Å². The van der Waals surface area contributed by atoms with E-state index in [4.69, 9.17) is 47.9 Å². The highest BCUT2D eigenvalue weighted by Gasteiger charge is 2.30. The van der Waals surface area contributed by atoms with Crippen molar-refractivity contribution < 1.29 is 28.0 Å². The molecule has 0 amide bonds. The smallest absolute Gasteiger partial charge is 0.141 e. The Morgan fingerprint density at radius 2 is 0.958 bits per heavy atom. The first-order valence-electron chi connectivity index (χ1n) is 24.7. The van der Waals surface area contributed by atoms with Gasteiger partial charge in [0.05, 0.1) is 94.7 Å². The Morgan fingerprint density at radius 1 is 0.542 bits per heavy atom. The normalized spacial score (nSPS) is 15.6. The lowest BCUT2D eigenvalue weighted by Crippen LogP contribution is -2.20. The van der Waals surface area contributed by atoms with Gasteiger partial charge in [-0.05, 0) is 116 Å². The lowest BCUT2D eigenvalue weighted by molar-refractivity contribution is 0.0827. The van der Waals surface area contributed by atoms with E-state index in [2.05, 4.69) is 79.7 Å². The number of fused-ring (bicyclic) bond motifs is 6. The van der Waals surface area contributed by atoms with Crippen LogP contribution in [0.5, 0.6) is 11.5 Å². The predicted octanol–water partition coefficient (Wildman–Crippen LogP) is 11.5. The van der Waals surface area contributed by atoms with Gasteiger partial charge in [-0.25, -0.2) is 9.97 Å². The molecule has 0 N–H and O–H groups in total. The van der Waals surface area contributed by atoms with Gasteiger partial charge in [-0.1, -0.05) is 22.4 Å². The first-order chi connectivity index (χ1) is 35.1. The van der Waals surface area contributed by atoms with E-state index in [0.717, 1.165) is 176 Å².